The Morgan fingerprint density at radius 1 is 1.50 bits per heavy atom. The molecule has 1 fully saturated rings. The van der Waals surface area contributed by atoms with E-state index in [1.54, 1.807) is 18.2 Å². The number of likely N-dealkylation sites (tertiary alicyclic amines) is 1. The molecular weight excluding hydrogens is 320 g/mol. The minimum atomic E-state index is 0.0186. The van der Waals surface area contributed by atoms with Crippen LogP contribution in [0.5, 0.6) is 0 Å². The molecule has 0 spiro atoms. The Labute approximate surface area is 127 Å². The maximum Gasteiger partial charge on any atom is 0.253 e. The summed E-state index contributed by atoms with van der Waals surface area (Å²) >= 11 is 3.32. The van der Waals surface area contributed by atoms with Crippen LogP contribution in [0.25, 0.3) is 0 Å². The highest BCUT2D eigenvalue weighted by atomic mass is 79.9. The van der Waals surface area contributed by atoms with Gasteiger partial charge in [0.2, 0.25) is 0 Å². The van der Waals surface area contributed by atoms with Crippen LogP contribution in [0.1, 0.15) is 35.7 Å². The number of rotatable bonds is 3. The summed E-state index contributed by atoms with van der Waals surface area (Å²) in [5.41, 5.74) is 1.15. The summed E-state index contributed by atoms with van der Waals surface area (Å²) in [7, 11) is 0. The fraction of sp³-hybridized carbons (Fsp3) is 0.467. The van der Waals surface area contributed by atoms with E-state index in [2.05, 4.69) is 22.0 Å². The van der Waals surface area contributed by atoms with E-state index >= 15 is 0 Å². The van der Waals surface area contributed by atoms with Crippen LogP contribution in [0.3, 0.4) is 0 Å². The Balaban J connectivity index is 2.02. The van der Waals surface area contributed by atoms with Crippen molar-refractivity contribution in [2.24, 2.45) is 0 Å². The summed E-state index contributed by atoms with van der Waals surface area (Å²) in [6.07, 6.45) is 2.05. The highest BCUT2D eigenvalue weighted by Gasteiger charge is 2.24. The topological polar surface area (TPSA) is 53.3 Å². The summed E-state index contributed by atoms with van der Waals surface area (Å²) in [6, 6.07) is 7.17. The van der Waals surface area contributed by atoms with Crippen molar-refractivity contribution in [3.05, 3.63) is 33.8 Å². The molecule has 0 aliphatic carbocycles. The van der Waals surface area contributed by atoms with Crippen LogP contribution >= 0.6 is 15.9 Å². The highest BCUT2D eigenvalue weighted by Crippen LogP contribution is 2.21. The average Bonchev–Trinajstić information content (AvgIpc) is 2.47. The van der Waals surface area contributed by atoms with E-state index in [4.69, 9.17) is 10.00 Å². The highest BCUT2D eigenvalue weighted by molar-refractivity contribution is 9.10. The largest absolute Gasteiger partial charge is 0.378 e. The molecule has 0 saturated carbocycles. The molecule has 1 aliphatic rings. The van der Waals surface area contributed by atoms with Gasteiger partial charge >= 0.3 is 0 Å². The van der Waals surface area contributed by atoms with Gasteiger partial charge in [-0.15, -0.1) is 0 Å². The van der Waals surface area contributed by atoms with Crippen LogP contribution in [0.2, 0.25) is 0 Å². The number of ether oxygens (including phenoxy) is 1. The maximum atomic E-state index is 12.4. The molecule has 4 nitrogen and oxygen atoms in total. The number of benzene rings is 1. The van der Waals surface area contributed by atoms with Crippen molar-refractivity contribution in [3.63, 3.8) is 0 Å². The molecule has 5 heteroatoms. The molecule has 0 N–H and O–H groups in total. The third kappa shape index (κ3) is 3.38. The quantitative estimate of drug-likeness (QED) is 0.852. The standard InChI is InChI=1S/C15H17BrN2O2/c1-2-20-13-5-7-18(8-6-13)15(19)11-3-4-12(10-17)14(16)9-11/h3-4,9,13H,2,5-8H2,1H3. The van der Waals surface area contributed by atoms with Crippen molar-refractivity contribution >= 4 is 21.8 Å². The first-order chi connectivity index (χ1) is 9.65. The van der Waals surface area contributed by atoms with Gasteiger partial charge in [0.25, 0.3) is 5.91 Å². The predicted octanol–water partition coefficient (Wildman–Crippen LogP) is 2.96. The van der Waals surface area contributed by atoms with E-state index in [1.165, 1.54) is 0 Å². The number of amides is 1. The number of halogens is 1. The van der Waals surface area contributed by atoms with Crippen molar-refractivity contribution in [1.29, 1.82) is 5.26 Å². The molecule has 1 saturated heterocycles. The molecular formula is C15H17BrN2O2. The summed E-state index contributed by atoms with van der Waals surface area (Å²) in [5.74, 6) is 0.0186. The summed E-state index contributed by atoms with van der Waals surface area (Å²) in [4.78, 5) is 14.2. The van der Waals surface area contributed by atoms with Gasteiger partial charge in [0.1, 0.15) is 6.07 Å². The van der Waals surface area contributed by atoms with Crippen molar-refractivity contribution < 1.29 is 9.53 Å². The average molecular weight is 337 g/mol. The summed E-state index contributed by atoms with van der Waals surface area (Å²) in [6.45, 7) is 4.16. The molecule has 0 aromatic heterocycles. The lowest BCUT2D eigenvalue weighted by atomic mass is 10.1. The second-order valence-corrected chi connectivity index (χ2v) is 5.61. The molecule has 0 radical (unpaired) electrons. The lowest BCUT2D eigenvalue weighted by Crippen LogP contribution is -2.40. The van der Waals surface area contributed by atoms with E-state index in [0.29, 0.717) is 15.6 Å². The summed E-state index contributed by atoms with van der Waals surface area (Å²) in [5, 5.41) is 8.89. The van der Waals surface area contributed by atoms with Crippen LogP contribution < -0.4 is 0 Å². The minimum absolute atomic E-state index is 0.0186. The number of nitrogens with zero attached hydrogens (tertiary/aromatic N) is 2. The minimum Gasteiger partial charge on any atom is -0.378 e. The number of carbonyl (C=O) groups is 1. The van der Waals surface area contributed by atoms with E-state index in [1.807, 2.05) is 11.8 Å². The lowest BCUT2D eigenvalue weighted by molar-refractivity contribution is 0.0146. The first-order valence-corrected chi connectivity index (χ1v) is 7.55. The molecule has 2 rings (SSSR count). The number of piperidine rings is 1. The zero-order valence-electron chi connectivity index (χ0n) is 11.4. The van der Waals surface area contributed by atoms with Gasteiger partial charge in [-0.05, 0) is 53.9 Å². The van der Waals surface area contributed by atoms with Gasteiger partial charge in [-0.1, -0.05) is 0 Å². The van der Waals surface area contributed by atoms with Gasteiger partial charge in [0.05, 0.1) is 11.7 Å². The molecule has 1 aromatic carbocycles. The zero-order chi connectivity index (χ0) is 14.5. The van der Waals surface area contributed by atoms with E-state index in [-0.39, 0.29) is 12.0 Å². The van der Waals surface area contributed by atoms with Gasteiger partial charge in [-0.2, -0.15) is 5.26 Å². The SMILES string of the molecule is CCOC1CCN(C(=O)c2ccc(C#N)c(Br)c2)CC1. The molecule has 1 amide bonds. The fourth-order valence-electron chi connectivity index (χ4n) is 2.38. The van der Waals surface area contributed by atoms with Gasteiger partial charge < -0.3 is 9.64 Å². The third-order valence-electron chi connectivity index (χ3n) is 3.47. The lowest BCUT2D eigenvalue weighted by Gasteiger charge is -2.31. The van der Waals surface area contributed by atoms with Gasteiger partial charge in [0.15, 0.2) is 0 Å². The summed E-state index contributed by atoms with van der Waals surface area (Å²) < 4.78 is 6.25. The first kappa shape index (κ1) is 15.0. The Kier molecular flexibility index (Phi) is 5.16. The van der Waals surface area contributed by atoms with Crippen LogP contribution in [0.15, 0.2) is 22.7 Å². The van der Waals surface area contributed by atoms with Crippen molar-refractivity contribution in [1.82, 2.24) is 4.90 Å². The second kappa shape index (κ2) is 6.87. The van der Waals surface area contributed by atoms with E-state index in [9.17, 15) is 4.79 Å². The fourth-order valence-corrected chi connectivity index (χ4v) is 2.85. The Bertz CT molecular complexity index is 531. The van der Waals surface area contributed by atoms with Crippen LogP contribution in [-0.4, -0.2) is 36.6 Å². The zero-order valence-corrected chi connectivity index (χ0v) is 13.0. The normalized spacial score (nSPS) is 15.9. The van der Waals surface area contributed by atoms with Crippen molar-refractivity contribution in [2.45, 2.75) is 25.9 Å². The van der Waals surface area contributed by atoms with Crippen molar-refractivity contribution in [2.75, 3.05) is 19.7 Å². The number of carbonyl (C=O) groups excluding carboxylic acids is 1. The Morgan fingerprint density at radius 3 is 2.75 bits per heavy atom. The molecule has 1 aliphatic heterocycles. The molecule has 0 bridgehead atoms. The number of hydrogen-bond donors (Lipinski definition) is 0. The van der Waals surface area contributed by atoms with E-state index < -0.39 is 0 Å². The maximum absolute atomic E-state index is 12.4. The smallest absolute Gasteiger partial charge is 0.253 e. The van der Waals surface area contributed by atoms with Gasteiger partial charge in [0, 0.05) is 29.7 Å². The van der Waals surface area contributed by atoms with Crippen molar-refractivity contribution in [3.8, 4) is 6.07 Å². The van der Waals surface area contributed by atoms with Crippen LogP contribution in [0, 0.1) is 11.3 Å². The van der Waals surface area contributed by atoms with Gasteiger partial charge in [-0.3, -0.25) is 4.79 Å². The second-order valence-electron chi connectivity index (χ2n) is 4.75. The molecule has 1 heterocycles. The molecule has 106 valence electrons. The monoisotopic (exact) mass is 336 g/mol. The number of hydrogen-bond acceptors (Lipinski definition) is 3. The Morgan fingerprint density at radius 2 is 2.20 bits per heavy atom. The number of nitriles is 1. The molecule has 20 heavy (non-hydrogen) atoms. The third-order valence-corrected chi connectivity index (χ3v) is 4.12. The first-order valence-electron chi connectivity index (χ1n) is 6.76. The predicted molar refractivity (Wildman–Crippen MR) is 79.4 cm³/mol. The molecule has 0 unspecified atom stereocenters. The molecule has 0 atom stereocenters. The Hall–Kier alpha value is -1.38. The van der Waals surface area contributed by atoms with E-state index in [0.717, 1.165) is 32.5 Å². The van der Waals surface area contributed by atoms with Crippen LogP contribution in [-0.2, 0) is 4.74 Å². The van der Waals surface area contributed by atoms with Gasteiger partial charge in [-0.25, -0.2) is 0 Å². The van der Waals surface area contributed by atoms with Crippen LogP contribution in [0.4, 0.5) is 0 Å². The molecule has 1 aromatic rings.